The molecule has 0 saturated carbocycles. The maximum Gasteiger partial charge on any atom is 0.0907 e. The standard InChI is InChI=1S/C16H15BrN2S/c1-10(12-4-3-5-13(17)8-12)18-14-6-7-15-16(9-14)20-11(2)19-15/h3-10,18H,1-2H3. The van der Waals surface area contributed by atoms with E-state index in [0.29, 0.717) is 0 Å². The molecule has 20 heavy (non-hydrogen) atoms. The lowest BCUT2D eigenvalue weighted by Gasteiger charge is -2.16. The largest absolute Gasteiger partial charge is 0.378 e. The van der Waals surface area contributed by atoms with Gasteiger partial charge in [0.1, 0.15) is 0 Å². The summed E-state index contributed by atoms with van der Waals surface area (Å²) in [6.45, 7) is 4.21. The Labute approximate surface area is 131 Å². The number of fused-ring (bicyclic) bond motifs is 1. The number of halogens is 1. The summed E-state index contributed by atoms with van der Waals surface area (Å²) in [6.07, 6.45) is 0. The van der Waals surface area contributed by atoms with Crippen molar-refractivity contribution in [3.05, 3.63) is 57.5 Å². The van der Waals surface area contributed by atoms with E-state index < -0.39 is 0 Å². The van der Waals surface area contributed by atoms with Crippen LogP contribution in [0.2, 0.25) is 0 Å². The summed E-state index contributed by atoms with van der Waals surface area (Å²) >= 11 is 5.25. The number of anilines is 1. The third-order valence-corrected chi connectivity index (χ3v) is 4.65. The van der Waals surface area contributed by atoms with Crippen molar-refractivity contribution in [2.24, 2.45) is 0 Å². The molecule has 0 aliphatic carbocycles. The van der Waals surface area contributed by atoms with Gasteiger partial charge in [0.15, 0.2) is 0 Å². The molecule has 2 nitrogen and oxygen atoms in total. The average molecular weight is 347 g/mol. The van der Waals surface area contributed by atoms with Crippen LogP contribution in [0.5, 0.6) is 0 Å². The number of hydrogen-bond acceptors (Lipinski definition) is 3. The number of rotatable bonds is 3. The predicted molar refractivity (Wildman–Crippen MR) is 90.5 cm³/mol. The molecule has 0 saturated heterocycles. The van der Waals surface area contributed by atoms with Gasteiger partial charge >= 0.3 is 0 Å². The smallest absolute Gasteiger partial charge is 0.0907 e. The van der Waals surface area contributed by atoms with E-state index in [1.807, 2.05) is 13.0 Å². The fourth-order valence-electron chi connectivity index (χ4n) is 2.24. The van der Waals surface area contributed by atoms with Crippen LogP contribution in [-0.2, 0) is 0 Å². The van der Waals surface area contributed by atoms with Crippen LogP contribution in [0.4, 0.5) is 5.69 Å². The van der Waals surface area contributed by atoms with Crippen molar-refractivity contribution in [2.45, 2.75) is 19.9 Å². The monoisotopic (exact) mass is 346 g/mol. The minimum Gasteiger partial charge on any atom is -0.378 e. The molecular formula is C16H15BrN2S. The molecule has 1 aromatic heterocycles. The summed E-state index contributed by atoms with van der Waals surface area (Å²) < 4.78 is 2.34. The topological polar surface area (TPSA) is 24.9 Å². The molecule has 1 heterocycles. The molecule has 0 amide bonds. The number of nitrogens with one attached hydrogen (secondary N) is 1. The normalized spacial score (nSPS) is 12.6. The number of aromatic nitrogens is 1. The Bertz CT molecular complexity index is 751. The minimum absolute atomic E-state index is 0.263. The van der Waals surface area contributed by atoms with Gasteiger partial charge in [-0.25, -0.2) is 4.98 Å². The molecule has 0 aliphatic heterocycles. The number of aryl methyl sites for hydroxylation is 1. The lowest BCUT2D eigenvalue weighted by molar-refractivity contribution is 0.884. The molecule has 0 fully saturated rings. The summed E-state index contributed by atoms with van der Waals surface area (Å²) in [5.41, 5.74) is 3.47. The number of benzene rings is 2. The number of thiazole rings is 1. The summed E-state index contributed by atoms with van der Waals surface area (Å²) in [6, 6.07) is 15.0. The first-order valence-corrected chi connectivity index (χ1v) is 8.12. The first-order chi connectivity index (χ1) is 9.61. The highest BCUT2D eigenvalue weighted by atomic mass is 79.9. The Kier molecular flexibility index (Phi) is 3.76. The quantitative estimate of drug-likeness (QED) is 0.673. The van der Waals surface area contributed by atoms with E-state index in [9.17, 15) is 0 Å². The van der Waals surface area contributed by atoms with Gasteiger partial charge in [-0.05, 0) is 49.7 Å². The van der Waals surface area contributed by atoms with E-state index in [4.69, 9.17) is 0 Å². The molecule has 4 heteroatoms. The Morgan fingerprint density at radius 3 is 2.85 bits per heavy atom. The zero-order valence-corrected chi connectivity index (χ0v) is 13.8. The molecule has 102 valence electrons. The highest BCUT2D eigenvalue weighted by Gasteiger charge is 2.07. The molecular weight excluding hydrogens is 332 g/mol. The van der Waals surface area contributed by atoms with Crippen molar-refractivity contribution in [2.75, 3.05) is 5.32 Å². The highest BCUT2D eigenvalue weighted by molar-refractivity contribution is 9.10. The van der Waals surface area contributed by atoms with Gasteiger partial charge in [-0.3, -0.25) is 0 Å². The maximum absolute atomic E-state index is 4.49. The first kappa shape index (κ1) is 13.6. The molecule has 1 unspecified atom stereocenters. The van der Waals surface area contributed by atoms with Crippen molar-refractivity contribution < 1.29 is 0 Å². The van der Waals surface area contributed by atoms with Gasteiger partial charge in [0.2, 0.25) is 0 Å². The van der Waals surface area contributed by atoms with Gasteiger partial charge in [-0.2, -0.15) is 0 Å². The van der Waals surface area contributed by atoms with E-state index in [0.717, 1.165) is 20.7 Å². The minimum atomic E-state index is 0.263. The van der Waals surface area contributed by atoms with Crippen molar-refractivity contribution in [3.8, 4) is 0 Å². The van der Waals surface area contributed by atoms with Crippen LogP contribution in [0.25, 0.3) is 10.2 Å². The lowest BCUT2D eigenvalue weighted by atomic mass is 10.1. The fourth-order valence-corrected chi connectivity index (χ4v) is 3.52. The van der Waals surface area contributed by atoms with E-state index >= 15 is 0 Å². The highest BCUT2D eigenvalue weighted by Crippen LogP contribution is 2.27. The van der Waals surface area contributed by atoms with Crippen LogP contribution in [-0.4, -0.2) is 4.98 Å². The van der Waals surface area contributed by atoms with E-state index in [2.05, 4.69) is 69.6 Å². The predicted octanol–water partition coefficient (Wildman–Crippen LogP) is 5.54. The van der Waals surface area contributed by atoms with Crippen LogP contribution < -0.4 is 5.32 Å². The molecule has 1 N–H and O–H groups in total. The summed E-state index contributed by atoms with van der Waals surface area (Å²) in [5, 5.41) is 4.65. The van der Waals surface area contributed by atoms with Crippen molar-refractivity contribution >= 4 is 43.2 Å². The summed E-state index contributed by atoms with van der Waals surface area (Å²) in [5.74, 6) is 0. The Balaban J connectivity index is 1.85. The zero-order chi connectivity index (χ0) is 14.1. The van der Waals surface area contributed by atoms with E-state index in [1.54, 1.807) is 11.3 Å². The Morgan fingerprint density at radius 2 is 2.05 bits per heavy atom. The molecule has 2 aromatic carbocycles. The Hall–Kier alpha value is -1.39. The van der Waals surface area contributed by atoms with E-state index in [-0.39, 0.29) is 6.04 Å². The number of nitrogens with zero attached hydrogens (tertiary/aromatic N) is 1. The second kappa shape index (κ2) is 5.54. The summed E-state index contributed by atoms with van der Waals surface area (Å²) in [7, 11) is 0. The molecule has 0 aliphatic rings. The van der Waals surface area contributed by atoms with Crippen LogP contribution in [0, 0.1) is 6.92 Å². The van der Waals surface area contributed by atoms with Crippen molar-refractivity contribution in [1.82, 2.24) is 4.98 Å². The summed E-state index contributed by atoms with van der Waals surface area (Å²) in [4.78, 5) is 4.49. The van der Waals surface area contributed by atoms with Crippen LogP contribution in [0.15, 0.2) is 46.9 Å². The molecule has 0 spiro atoms. The van der Waals surface area contributed by atoms with Crippen LogP contribution >= 0.6 is 27.3 Å². The van der Waals surface area contributed by atoms with Gasteiger partial charge in [0.25, 0.3) is 0 Å². The van der Waals surface area contributed by atoms with Gasteiger partial charge in [0, 0.05) is 16.2 Å². The fraction of sp³-hybridized carbons (Fsp3) is 0.188. The average Bonchev–Trinajstić information content (AvgIpc) is 2.78. The third-order valence-electron chi connectivity index (χ3n) is 3.23. The van der Waals surface area contributed by atoms with Gasteiger partial charge in [-0.15, -0.1) is 11.3 Å². The first-order valence-electron chi connectivity index (χ1n) is 6.51. The van der Waals surface area contributed by atoms with Crippen LogP contribution in [0.1, 0.15) is 23.5 Å². The van der Waals surface area contributed by atoms with Gasteiger partial charge in [0.05, 0.1) is 15.2 Å². The number of hydrogen-bond donors (Lipinski definition) is 1. The third kappa shape index (κ3) is 2.86. The molecule has 1 atom stereocenters. The van der Waals surface area contributed by atoms with E-state index in [1.165, 1.54) is 10.3 Å². The zero-order valence-electron chi connectivity index (χ0n) is 11.4. The lowest BCUT2D eigenvalue weighted by Crippen LogP contribution is -2.06. The Morgan fingerprint density at radius 1 is 1.20 bits per heavy atom. The molecule has 0 bridgehead atoms. The second-order valence-corrected chi connectivity index (χ2v) is 6.99. The molecule has 3 rings (SSSR count). The van der Waals surface area contributed by atoms with Crippen molar-refractivity contribution in [1.29, 1.82) is 0 Å². The SMILES string of the molecule is Cc1nc2ccc(NC(C)c3cccc(Br)c3)cc2s1. The van der Waals surface area contributed by atoms with Gasteiger partial charge < -0.3 is 5.32 Å². The van der Waals surface area contributed by atoms with Crippen molar-refractivity contribution in [3.63, 3.8) is 0 Å². The maximum atomic E-state index is 4.49. The molecule has 3 aromatic rings. The van der Waals surface area contributed by atoms with Gasteiger partial charge in [-0.1, -0.05) is 28.1 Å². The second-order valence-electron chi connectivity index (χ2n) is 4.84. The van der Waals surface area contributed by atoms with Crippen LogP contribution in [0.3, 0.4) is 0 Å². The molecule has 0 radical (unpaired) electrons.